The lowest BCUT2D eigenvalue weighted by Crippen LogP contribution is -2.60. The number of nitrogens with two attached hydrogens (primary N) is 1. The molecule has 9 N–H and O–H groups in total. The molecular weight excluding hydrogens is 480 g/mol. The van der Waals surface area contributed by atoms with Crippen LogP contribution in [0.4, 0.5) is 0 Å². The van der Waals surface area contributed by atoms with Gasteiger partial charge in [-0.2, -0.15) is 0 Å². The van der Waals surface area contributed by atoms with Crippen molar-refractivity contribution in [3.05, 3.63) is 0 Å². The summed E-state index contributed by atoms with van der Waals surface area (Å²) in [7, 11) is 0. The summed E-state index contributed by atoms with van der Waals surface area (Å²) < 4.78 is 0. The predicted octanol–water partition coefficient (Wildman–Crippen LogP) is -4.38. The van der Waals surface area contributed by atoms with Crippen molar-refractivity contribution in [2.45, 2.75) is 63.9 Å². The summed E-state index contributed by atoms with van der Waals surface area (Å²) in [6, 6.07) is -4.84. The van der Waals surface area contributed by atoms with Crippen molar-refractivity contribution in [1.29, 1.82) is 0 Å². The maximum absolute atomic E-state index is 13.1. The average Bonchev–Trinajstić information content (AvgIpc) is 3.31. The van der Waals surface area contributed by atoms with Crippen molar-refractivity contribution in [3.63, 3.8) is 0 Å². The summed E-state index contributed by atoms with van der Waals surface area (Å²) in [5.41, 5.74) is 5.68. The molecule has 0 spiro atoms. The summed E-state index contributed by atoms with van der Waals surface area (Å²) in [5, 5.41) is 37.4. The monoisotopic (exact) mass is 516 g/mol. The first kappa shape index (κ1) is 30.7. The number of aliphatic carboxylic acids is 1. The molecule has 0 aromatic carbocycles. The van der Waals surface area contributed by atoms with Crippen LogP contribution in [0.2, 0.25) is 0 Å². The summed E-state index contributed by atoms with van der Waals surface area (Å²) in [6.07, 6.45) is -0.699. The van der Waals surface area contributed by atoms with E-state index >= 15 is 0 Å². The first-order chi connectivity index (χ1) is 16.8. The number of carboxylic acids is 1. The van der Waals surface area contributed by atoms with Crippen LogP contribution >= 0.6 is 0 Å². The number of nitrogens with one attached hydrogen (secondary N) is 4. The van der Waals surface area contributed by atoms with E-state index < -0.39 is 85.5 Å². The SMILES string of the molecule is CC(C)[C@H](N)C(=O)NCC(=O)N[C@@H](CO)C(=O)N[C@H](C(=O)N1CCC[C@H]1C(=O)NCC(=O)O)[C@@H](C)O. The van der Waals surface area contributed by atoms with E-state index in [0.29, 0.717) is 6.42 Å². The van der Waals surface area contributed by atoms with Gasteiger partial charge in [-0.15, -0.1) is 0 Å². The minimum atomic E-state index is -1.51. The molecule has 15 nitrogen and oxygen atoms in total. The van der Waals surface area contributed by atoms with Crippen LogP contribution in [0.5, 0.6) is 0 Å². The van der Waals surface area contributed by atoms with Crippen molar-refractivity contribution in [3.8, 4) is 0 Å². The number of aliphatic hydroxyl groups excluding tert-OH is 2. The fourth-order valence-corrected chi connectivity index (χ4v) is 3.43. The number of nitrogens with zero attached hydrogens (tertiary/aromatic N) is 1. The smallest absolute Gasteiger partial charge is 0.322 e. The van der Waals surface area contributed by atoms with Crippen molar-refractivity contribution in [2.75, 3.05) is 26.2 Å². The van der Waals surface area contributed by atoms with E-state index in [0.717, 1.165) is 4.90 Å². The van der Waals surface area contributed by atoms with Crippen LogP contribution in [0.25, 0.3) is 0 Å². The number of amides is 5. The van der Waals surface area contributed by atoms with E-state index in [1.54, 1.807) is 13.8 Å². The van der Waals surface area contributed by atoms with Crippen LogP contribution in [0.15, 0.2) is 0 Å². The van der Waals surface area contributed by atoms with Gasteiger partial charge in [0, 0.05) is 6.54 Å². The molecule has 1 fully saturated rings. The first-order valence-electron chi connectivity index (χ1n) is 11.5. The van der Waals surface area contributed by atoms with Crippen LogP contribution < -0.4 is 27.0 Å². The molecule has 0 saturated carbocycles. The van der Waals surface area contributed by atoms with Gasteiger partial charge in [-0.05, 0) is 25.7 Å². The topological polar surface area (TPSA) is 240 Å². The van der Waals surface area contributed by atoms with Gasteiger partial charge in [0.15, 0.2) is 0 Å². The summed E-state index contributed by atoms with van der Waals surface area (Å²) in [4.78, 5) is 73.9. The third kappa shape index (κ3) is 9.05. The Labute approximate surface area is 208 Å². The Morgan fingerprint density at radius 3 is 2.17 bits per heavy atom. The van der Waals surface area contributed by atoms with E-state index in [1.165, 1.54) is 6.92 Å². The van der Waals surface area contributed by atoms with Gasteiger partial charge in [0.2, 0.25) is 29.5 Å². The quantitative estimate of drug-likeness (QED) is 0.117. The van der Waals surface area contributed by atoms with Crippen LogP contribution in [-0.2, 0) is 28.8 Å². The number of aliphatic hydroxyl groups is 2. The molecule has 0 unspecified atom stereocenters. The van der Waals surface area contributed by atoms with E-state index in [9.17, 15) is 39.0 Å². The van der Waals surface area contributed by atoms with E-state index in [4.69, 9.17) is 10.8 Å². The van der Waals surface area contributed by atoms with Gasteiger partial charge in [0.25, 0.3) is 0 Å². The Morgan fingerprint density at radius 2 is 1.64 bits per heavy atom. The van der Waals surface area contributed by atoms with Crippen molar-refractivity contribution in [2.24, 2.45) is 11.7 Å². The highest BCUT2D eigenvalue weighted by Crippen LogP contribution is 2.19. The van der Waals surface area contributed by atoms with Crippen LogP contribution in [-0.4, -0.2) is 112 Å². The molecule has 204 valence electrons. The zero-order valence-corrected chi connectivity index (χ0v) is 20.5. The minimum absolute atomic E-state index is 0.140. The zero-order chi connectivity index (χ0) is 27.6. The molecule has 0 radical (unpaired) electrons. The number of likely N-dealkylation sites (tertiary alicyclic amines) is 1. The summed E-state index contributed by atoms with van der Waals surface area (Å²) >= 11 is 0. The van der Waals surface area contributed by atoms with Crippen LogP contribution in [0.1, 0.15) is 33.6 Å². The van der Waals surface area contributed by atoms with Crippen molar-refractivity contribution >= 4 is 35.5 Å². The standard InChI is InChI=1S/C21H36N6O9/c1-10(2)16(22)20(35)23-7-14(30)25-12(9-28)18(33)26-17(11(3)29)21(36)27-6-4-5-13(27)19(34)24-8-15(31)32/h10-13,16-17,28-29H,4-9,22H2,1-3H3,(H,23,35)(H,24,34)(H,25,30)(H,26,33)(H,31,32)/t11-,12+,13+,16+,17+/m1/s1. The number of carbonyl (C=O) groups is 6. The number of carboxylic acid groups (broad SMARTS) is 1. The Kier molecular flexibility index (Phi) is 12.2. The lowest BCUT2D eigenvalue weighted by Gasteiger charge is -2.30. The van der Waals surface area contributed by atoms with E-state index in [-0.39, 0.29) is 18.9 Å². The largest absolute Gasteiger partial charge is 0.480 e. The lowest BCUT2D eigenvalue weighted by molar-refractivity contribution is -0.145. The van der Waals surface area contributed by atoms with Gasteiger partial charge in [0.05, 0.1) is 25.3 Å². The van der Waals surface area contributed by atoms with Gasteiger partial charge in [-0.1, -0.05) is 13.8 Å². The number of hydrogen-bond donors (Lipinski definition) is 8. The summed E-state index contributed by atoms with van der Waals surface area (Å²) in [6.45, 7) is 2.84. The van der Waals surface area contributed by atoms with E-state index in [1.807, 2.05) is 0 Å². The molecule has 36 heavy (non-hydrogen) atoms. The third-order valence-electron chi connectivity index (χ3n) is 5.58. The fraction of sp³-hybridized carbons (Fsp3) is 0.714. The van der Waals surface area contributed by atoms with Gasteiger partial charge in [-0.3, -0.25) is 28.8 Å². The molecule has 5 atom stereocenters. The van der Waals surface area contributed by atoms with Gasteiger partial charge in [-0.25, -0.2) is 0 Å². The second-order valence-corrected chi connectivity index (χ2v) is 8.82. The maximum Gasteiger partial charge on any atom is 0.322 e. The minimum Gasteiger partial charge on any atom is -0.480 e. The van der Waals surface area contributed by atoms with Crippen LogP contribution in [0.3, 0.4) is 0 Å². The molecule has 1 aliphatic rings. The third-order valence-corrected chi connectivity index (χ3v) is 5.58. The molecule has 15 heteroatoms. The van der Waals surface area contributed by atoms with Crippen LogP contribution in [0, 0.1) is 5.92 Å². The Balaban J connectivity index is 2.79. The maximum atomic E-state index is 13.1. The molecule has 0 bridgehead atoms. The highest BCUT2D eigenvalue weighted by Gasteiger charge is 2.40. The molecule has 1 rings (SSSR count). The van der Waals surface area contributed by atoms with Gasteiger partial charge < -0.3 is 47.2 Å². The molecule has 1 aliphatic heterocycles. The highest BCUT2D eigenvalue weighted by molar-refractivity contribution is 5.96. The number of rotatable bonds is 13. The fourth-order valence-electron chi connectivity index (χ4n) is 3.43. The predicted molar refractivity (Wildman–Crippen MR) is 124 cm³/mol. The number of hydrogen-bond acceptors (Lipinski definition) is 9. The van der Waals surface area contributed by atoms with E-state index in [2.05, 4.69) is 21.3 Å². The normalized spacial score (nSPS) is 18.5. The molecular formula is C21H36N6O9. The summed E-state index contributed by atoms with van der Waals surface area (Å²) in [5.74, 6) is -5.25. The first-order valence-corrected chi connectivity index (χ1v) is 11.5. The Hall–Kier alpha value is -3.30. The second-order valence-electron chi connectivity index (χ2n) is 8.82. The van der Waals surface area contributed by atoms with Crippen molar-refractivity contribution < 1.29 is 44.1 Å². The molecule has 0 aromatic heterocycles. The molecule has 1 saturated heterocycles. The van der Waals surface area contributed by atoms with Gasteiger partial charge in [0.1, 0.15) is 24.7 Å². The Bertz CT molecular complexity index is 835. The molecule has 5 amide bonds. The zero-order valence-electron chi connectivity index (χ0n) is 20.5. The molecule has 0 aliphatic carbocycles. The number of carbonyl (C=O) groups excluding carboxylic acids is 5. The van der Waals surface area contributed by atoms with Crippen molar-refractivity contribution in [1.82, 2.24) is 26.2 Å². The molecule has 0 aromatic rings. The highest BCUT2D eigenvalue weighted by atomic mass is 16.4. The average molecular weight is 517 g/mol. The lowest BCUT2D eigenvalue weighted by atomic mass is 10.1. The second kappa shape index (κ2) is 14.3. The molecule has 1 heterocycles. The van der Waals surface area contributed by atoms with Gasteiger partial charge >= 0.3 is 5.97 Å². The Morgan fingerprint density at radius 1 is 1.00 bits per heavy atom.